The number of rotatable bonds is 11. The Morgan fingerprint density at radius 1 is 0.647 bits per heavy atom. The number of hydrogen-bond donors (Lipinski definition) is 0. The van der Waals surface area contributed by atoms with E-state index < -0.39 is 8.80 Å². The van der Waals surface area contributed by atoms with Crippen LogP contribution in [-0.2, 0) is 18.9 Å². The van der Waals surface area contributed by atoms with Crippen molar-refractivity contribution in [3.63, 3.8) is 0 Å². The van der Waals surface area contributed by atoms with E-state index in [-0.39, 0.29) is 11.8 Å². The predicted octanol–water partition coefficient (Wildman–Crippen LogP) is 2.11. The Kier molecular flexibility index (Phi) is 11.2. The van der Waals surface area contributed by atoms with E-state index in [0.717, 1.165) is 6.04 Å². The fraction of sp³-hybridized carbons (Fsp3) is 1.00. The van der Waals surface area contributed by atoms with E-state index in [1.165, 1.54) is 0 Å². The first-order valence-electron chi connectivity index (χ1n) is 6.71. The lowest BCUT2D eigenvalue weighted by Gasteiger charge is -2.30. The quantitative estimate of drug-likeness (QED) is 0.423. The second kappa shape index (κ2) is 11.2. The van der Waals surface area contributed by atoms with Crippen molar-refractivity contribution < 1.29 is 18.9 Å². The minimum atomic E-state index is -1.40. The lowest BCUT2D eigenvalue weighted by atomic mass is 10.8. The Labute approximate surface area is 107 Å². The van der Waals surface area contributed by atoms with Crippen LogP contribution in [0.3, 0.4) is 0 Å². The maximum Gasteiger partial charge on any atom is 0.171 e. The van der Waals surface area contributed by atoms with Gasteiger partial charge in [0.1, 0.15) is 11.8 Å². The van der Waals surface area contributed by atoms with Crippen molar-refractivity contribution >= 4 is 8.80 Å². The Morgan fingerprint density at radius 2 is 0.941 bits per heavy atom. The molecular weight excluding hydrogens is 236 g/mol. The summed E-state index contributed by atoms with van der Waals surface area (Å²) in [5.74, 6) is -0.226. The van der Waals surface area contributed by atoms with Gasteiger partial charge in [0.05, 0.1) is 0 Å². The molecule has 0 aliphatic carbocycles. The molecule has 0 N–H and O–H groups in total. The van der Waals surface area contributed by atoms with Crippen LogP contribution in [0.1, 0.15) is 34.6 Å². The van der Waals surface area contributed by atoms with Crippen LogP contribution in [0.25, 0.3) is 0 Å². The third-order valence-corrected chi connectivity index (χ3v) is 5.61. The Balaban J connectivity index is 4.55. The maximum atomic E-state index is 5.69. The van der Waals surface area contributed by atoms with Crippen LogP contribution in [0.4, 0.5) is 0 Å². The fourth-order valence-corrected chi connectivity index (χ4v) is 4.55. The van der Waals surface area contributed by atoms with E-state index in [0.29, 0.717) is 26.4 Å². The summed E-state index contributed by atoms with van der Waals surface area (Å²) in [6, 6.07) is 1.04. The van der Waals surface area contributed by atoms with Gasteiger partial charge in [0.15, 0.2) is 8.80 Å². The highest BCUT2D eigenvalue weighted by atomic mass is 28.3. The molecule has 0 radical (unpaired) electrons. The Bertz CT molecular complexity index is 141. The largest absolute Gasteiger partial charge is 0.357 e. The standard InChI is InChI=1S/C12H28O4Si/c1-6-13-11(14-7-2)17(10-5)12(15-8-3)16-9-4/h11-12,17H,6-10H2,1-5H3. The summed E-state index contributed by atoms with van der Waals surface area (Å²) in [5.41, 5.74) is 0. The molecule has 0 spiro atoms. The SMILES string of the molecule is CCOC(OCC)[SiH](CC)C(OCC)OCC. The number of ether oxygens (including phenoxy) is 4. The minimum absolute atomic E-state index is 0.113. The molecule has 0 amide bonds. The van der Waals surface area contributed by atoms with Crippen molar-refractivity contribution in [2.24, 2.45) is 0 Å². The third-order valence-electron chi connectivity index (χ3n) is 2.49. The molecular formula is C12H28O4Si. The fourth-order valence-electron chi connectivity index (χ4n) is 1.76. The van der Waals surface area contributed by atoms with Gasteiger partial charge in [-0.25, -0.2) is 0 Å². The van der Waals surface area contributed by atoms with Crippen molar-refractivity contribution in [3.05, 3.63) is 0 Å². The molecule has 0 aromatic carbocycles. The van der Waals surface area contributed by atoms with Gasteiger partial charge in [0, 0.05) is 26.4 Å². The molecule has 104 valence electrons. The molecule has 0 rings (SSSR count). The van der Waals surface area contributed by atoms with Crippen LogP contribution >= 0.6 is 0 Å². The van der Waals surface area contributed by atoms with Crippen molar-refractivity contribution in [1.82, 2.24) is 0 Å². The molecule has 0 aromatic rings. The zero-order valence-electron chi connectivity index (χ0n) is 11.9. The molecule has 0 fully saturated rings. The molecule has 0 heterocycles. The van der Waals surface area contributed by atoms with Gasteiger partial charge >= 0.3 is 0 Å². The zero-order chi connectivity index (χ0) is 13.1. The van der Waals surface area contributed by atoms with Gasteiger partial charge in [0.2, 0.25) is 0 Å². The normalized spacial score (nSPS) is 12.0. The predicted molar refractivity (Wildman–Crippen MR) is 71.7 cm³/mol. The van der Waals surface area contributed by atoms with E-state index in [1.807, 2.05) is 27.7 Å². The molecule has 0 aromatic heterocycles. The lowest BCUT2D eigenvalue weighted by molar-refractivity contribution is -0.120. The first-order chi connectivity index (χ1) is 8.24. The summed E-state index contributed by atoms with van der Waals surface area (Å²) in [6.07, 6.45) is 0. The van der Waals surface area contributed by atoms with Crippen molar-refractivity contribution in [3.8, 4) is 0 Å². The van der Waals surface area contributed by atoms with Gasteiger partial charge in [-0.15, -0.1) is 0 Å². The Hall–Kier alpha value is 0.0569. The van der Waals surface area contributed by atoms with Gasteiger partial charge in [-0.2, -0.15) is 0 Å². The topological polar surface area (TPSA) is 36.9 Å². The van der Waals surface area contributed by atoms with Gasteiger partial charge in [-0.3, -0.25) is 0 Å². The molecule has 5 heteroatoms. The van der Waals surface area contributed by atoms with Crippen molar-refractivity contribution in [1.29, 1.82) is 0 Å². The van der Waals surface area contributed by atoms with E-state index in [1.54, 1.807) is 0 Å². The van der Waals surface area contributed by atoms with Crippen LogP contribution in [0.15, 0.2) is 0 Å². The maximum absolute atomic E-state index is 5.69. The van der Waals surface area contributed by atoms with E-state index in [9.17, 15) is 0 Å². The number of hydrogen-bond acceptors (Lipinski definition) is 4. The molecule has 0 bridgehead atoms. The van der Waals surface area contributed by atoms with Crippen molar-refractivity contribution in [2.45, 2.75) is 52.5 Å². The molecule has 0 unspecified atom stereocenters. The first kappa shape index (κ1) is 17.1. The minimum Gasteiger partial charge on any atom is -0.357 e. The zero-order valence-corrected chi connectivity index (χ0v) is 13.1. The summed E-state index contributed by atoms with van der Waals surface area (Å²) in [6.45, 7) is 12.8. The summed E-state index contributed by atoms with van der Waals surface area (Å²) >= 11 is 0. The highest BCUT2D eigenvalue weighted by molar-refractivity contribution is 6.60. The highest BCUT2D eigenvalue weighted by Crippen LogP contribution is 2.13. The van der Waals surface area contributed by atoms with Crippen LogP contribution in [0.2, 0.25) is 6.04 Å². The molecule has 0 saturated carbocycles. The lowest BCUT2D eigenvalue weighted by Crippen LogP contribution is -2.47. The van der Waals surface area contributed by atoms with Crippen LogP contribution in [0, 0.1) is 0 Å². The summed E-state index contributed by atoms with van der Waals surface area (Å²) in [4.78, 5) is 0. The molecule has 17 heavy (non-hydrogen) atoms. The molecule has 0 aliphatic rings. The van der Waals surface area contributed by atoms with Gasteiger partial charge in [0.25, 0.3) is 0 Å². The monoisotopic (exact) mass is 264 g/mol. The average Bonchev–Trinajstić information content (AvgIpc) is 2.31. The second-order valence-electron chi connectivity index (χ2n) is 3.63. The van der Waals surface area contributed by atoms with Crippen LogP contribution in [0.5, 0.6) is 0 Å². The smallest absolute Gasteiger partial charge is 0.171 e. The summed E-state index contributed by atoms with van der Waals surface area (Å²) in [7, 11) is -1.40. The van der Waals surface area contributed by atoms with Gasteiger partial charge in [-0.05, 0) is 27.7 Å². The first-order valence-corrected chi connectivity index (χ1v) is 8.86. The summed E-state index contributed by atoms with van der Waals surface area (Å²) in [5, 5.41) is 0. The second-order valence-corrected chi connectivity index (χ2v) is 6.86. The van der Waals surface area contributed by atoms with E-state index >= 15 is 0 Å². The highest BCUT2D eigenvalue weighted by Gasteiger charge is 2.32. The summed E-state index contributed by atoms with van der Waals surface area (Å²) < 4.78 is 22.8. The van der Waals surface area contributed by atoms with Crippen molar-refractivity contribution in [2.75, 3.05) is 26.4 Å². The Morgan fingerprint density at radius 3 is 1.12 bits per heavy atom. The molecule has 0 atom stereocenters. The van der Waals surface area contributed by atoms with E-state index in [2.05, 4.69) is 6.92 Å². The molecule has 4 nitrogen and oxygen atoms in total. The van der Waals surface area contributed by atoms with E-state index in [4.69, 9.17) is 18.9 Å². The molecule has 0 saturated heterocycles. The average molecular weight is 264 g/mol. The third kappa shape index (κ3) is 6.52. The van der Waals surface area contributed by atoms with Gasteiger partial charge < -0.3 is 18.9 Å². The molecule has 0 aliphatic heterocycles. The van der Waals surface area contributed by atoms with Gasteiger partial charge in [-0.1, -0.05) is 13.0 Å². The van der Waals surface area contributed by atoms with Crippen LogP contribution < -0.4 is 0 Å². The van der Waals surface area contributed by atoms with Crippen LogP contribution in [-0.4, -0.2) is 47.1 Å².